The fourth-order valence-corrected chi connectivity index (χ4v) is 3.36. The lowest BCUT2D eigenvalue weighted by atomic mass is 9.84. The van der Waals surface area contributed by atoms with Gasteiger partial charge in [-0.2, -0.15) is 0 Å². The normalized spacial score (nSPS) is 16.8. The molecule has 23 heavy (non-hydrogen) atoms. The van der Waals surface area contributed by atoms with E-state index in [2.05, 4.69) is 5.32 Å². The summed E-state index contributed by atoms with van der Waals surface area (Å²) in [6, 6.07) is 8.12. The predicted molar refractivity (Wildman–Crippen MR) is 93.5 cm³/mol. The third kappa shape index (κ3) is 5.87. The molecule has 1 amide bonds. The first-order chi connectivity index (χ1) is 11.2. The van der Waals surface area contributed by atoms with Gasteiger partial charge in [-0.3, -0.25) is 4.79 Å². The van der Waals surface area contributed by atoms with E-state index in [1.54, 1.807) is 0 Å². The Kier molecular flexibility index (Phi) is 7.40. The highest BCUT2D eigenvalue weighted by Gasteiger charge is 2.23. The minimum atomic E-state index is 0.111. The molecule has 1 atom stereocenters. The van der Waals surface area contributed by atoms with E-state index in [9.17, 15) is 4.79 Å². The van der Waals surface area contributed by atoms with E-state index < -0.39 is 0 Å². The Balaban J connectivity index is 1.76. The smallest absolute Gasteiger partial charge is 0.220 e. The van der Waals surface area contributed by atoms with E-state index in [1.807, 2.05) is 31.2 Å². The van der Waals surface area contributed by atoms with Crippen molar-refractivity contribution in [3.05, 3.63) is 29.8 Å². The second kappa shape index (κ2) is 9.56. The maximum absolute atomic E-state index is 12.2. The molecule has 0 aromatic heterocycles. The van der Waals surface area contributed by atoms with Crippen molar-refractivity contribution >= 4 is 5.91 Å². The first-order valence-electron chi connectivity index (χ1n) is 8.94. The molecule has 4 nitrogen and oxygen atoms in total. The van der Waals surface area contributed by atoms with Crippen molar-refractivity contribution in [3.63, 3.8) is 0 Å². The van der Waals surface area contributed by atoms with Crippen molar-refractivity contribution in [3.8, 4) is 5.75 Å². The van der Waals surface area contributed by atoms with Gasteiger partial charge in [-0.15, -0.1) is 0 Å². The Labute approximate surface area is 139 Å². The largest absolute Gasteiger partial charge is 0.494 e. The molecule has 0 aliphatic heterocycles. The number of hydrogen-bond acceptors (Lipinski definition) is 3. The van der Waals surface area contributed by atoms with Gasteiger partial charge in [0.15, 0.2) is 0 Å². The van der Waals surface area contributed by atoms with Gasteiger partial charge in [0.25, 0.3) is 0 Å². The summed E-state index contributed by atoms with van der Waals surface area (Å²) < 4.78 is 5.43. The number of benzene rings is 1. The quantitative estimate of drug-likeness (QED) is 0.774. The molecular formula is C19H30N2O2. The van der Waals surface area contributed by atoms with E-state index in [4.69, 9.17) is 10.5 Å². The van der Waals surface area contributed by atoms with Crippen molar-refractivity contribution in [2.45, 2.75) is 57.9 Å². The number of aryl methyl sites for hydroxylation is 1. The number of hydrogen-bond donors (Lipinski definition) is 2. The van der Waals surface area contributed by atoms with Crippen LogP contribution in [0.15, 0.2) is 24.3 Å². The van der Waals surface area contributed by atoms with Crippen LogP contribution < -0.4 is 15.8 Å². The first kappa shape index (κ1) is 17.8. The minimum Gasteiger partial charge on any atom is -0.494 e. The molecule has 1 fully saturated rings. The van der Waals surface area contributed by atoms with Crippen LogP contribution in [-0.4, -0.2) is 25.1 Å². The molecule has 2 rings (SSSR count). The third-order valence-corrected chi connectivity index (χ3v) is 4.69. The van der Waals surface area contributed by atoms with Gasteiger partial charge in [0.1, 0.15) is 5.75 Å². The second-order valence-electron chi connectivity index (χ2n) is 6.38. The summed E-state index contributed by atoms with van der Waals surface area (Å²) >= 11 is 0. The van der Waals surface area contributed by atoms with Crippen LogP contribution in [0.2, 0.25) is 0 Å². The average Bonchev–Trinajstić information content (AvgIpc) is 2.60. The molecule has 1 aliphatic rings. The first-order valence-corrected chi connectivity index (χ1v) is 8.94. The van der Waals surface area contributed by atoms with Crippen molar-refractivity contribution in [2.24, 2.45) is 11.7 Å². The summed E-state index contributed by atoms with van der Waals surface area (Å²) in [6.45, 7) is 3.18. The zero-order chi connectivity index (χ0) is 16.5. The lowest BCUT2D eigenvalue weighted by molar-refractivity contribution is -0.122. The molecule has 1 saturated carbocycles. The summed E-state index contributed by atoms with van der Waals surface area (Å²) in [5, 5.41) is 3.15. The number of nitrogens with one attached hydrogen (secondary N) is 1. The van der Waals surface area contributed by atoms with Gasteiger partial charge in [0, 0.05) is 19.0 Å². The molecule has 1 aromatic carbocycles. The Bertz CT molecular complexity index is 467. The van der Waals surface area contributed by atoms with E-state index in [0.29, 0.717) is 25.5 Å². The number of rotatable bonds is 8. The number of amides is 1. The molecule has 0 spiro atoms. The molecule has 0 heterocycles. The van der Waals surface area contributed by atoms with E-state index in [0.717, 1.165) is 17.7 Å². The van der Waals surface area contributed by atoms with Crippen LogP contribution in [0.1, 0.15) is 51.0 Å². The third-order valence-electron chi connectivity index (χ3n) is 4.69. The second-order valence-corrected chi connectivity index (χ2v) is 6.38. The van der Waals surface area contributed by atoms with Crippen molar-refractivity contribution < 1.29 is 9.53 Å². The lowest BCUT2D eigenvalue weighted by Crippen LogP contribution is -2.45. The summed E-state index contributed by atoms with van der Waals surface area (Å²) in [5.41, 5.74) is 7.03. The van der Waals surface area contributed by atoms with Gasteiger partial charge in [-0.1, -0.05) is 31.4 Å². The number of ether oxygens (including phenoxy) is 1. The van der Waals surface area contributed by atoms with Crippen molar-refractivity contribution in [1.29, 1.82) is 0 Å². The van der Waals surface area contributed by atoms with Crippen LogP contribution in [0.5, 0.6) is 5.75 Å². The Morgan fingerprint density at radius 2 is 1.96 bits per heavy atom. The number of nitrogens with two attached hydrogens (primary N) is 1. The fourth-order valence-electron chi connectivity index (χ4n) is 3.36. The van der Waals surface area contributed by atoms with Crippen LogP contribution >= 0.6 is 0 Å². The zero-order valence-electron chi connectivity index (χ0n) is 14.2. The topological polar surface area (TPSA) is 64.3 Å². The van der Waals surface area contributed by atoms with Crippen molar-refractivity contribution in [2.75, 3.05) is 13.2 Å². The van der Waals surface area contributed by atoms with Gasteiger partial charge in [0.2, 0.25) is 5.91 Å². The minimum absolute atomic E-state index is 0.111. The van der Waals surface area contributed by atoms with Gasteiger partial charge < -0.3 is 15.8 Å². The standard InChI is InChI=1S/C19H30N2O2/c1-2-23-17-11-8-15(9-12-17)10-13-19(22)21-18(14-20)16-6-4-3-5-7-16/h8-9,11-12,16,18H,2-7,10,13-14,20H2,1H3,(H,21,22). The van der Waals surface area contributed by atoms with E-state index >= 15 is 0 Å². The number of carbonyl (C=O) groups excluding carboxylic acids is 1. The van der Waals surface area contributed by atoms with Gasteiger partial charge in [-0.05, 0) is 49.8 Å². The summed E-state index contributed by atoms with van der Waals surface area (Å²) in [5.74, 6) is 1.55. The summed E-state index contributed by atoms with van der Waals surface area (Å²) in [6.07, 6.45) is 7.51. The molecule has 1 aliphatic carbocycles. The van der Waals surface area contributed by atoms with E-state index in [1.165, 1.54) is 32.1 Å². The summed E-state index contributed by atoms with van der Waals surface area (Å²) in [7, 11) is 0. The van der Waals surface area contributed by atoms with Crippen LogP contribution in [0.3, 0.4) is 0 Å². The molecular weight excluding hydrogens is 288 g/mol. The zero-order valence-corrected chi connectivity index (χ0v) is 14.2. The Morgan fingerprint density at radius 1 is 1.26 bits per heavy atom. The van der Waals surface area contributed by atoms with Crippen LogP contribution in [-0.2, 0) is 11.2 Å². The average molecular weight is 318 g/mol. The molecule has 3 N–H and O–H groups in total. The van der Waals surface area contributed by atoms with Crippen LogP contribution in [0.4, 0.5) is 0 Å². The van der Waals surface area contributed by atoms with Gasteiger partial charge in [-0.25, -0.2) is 0 Å². The highest BCUT2D eigenvalue weighted by molar-refractivity contribution is 5.76. The van der Waals surface area contributed by atoms with E-state index in [-0.39, 0.29) is 11.9 Å². The van der Waals surface area contributed by atoms with Crippen LogP contribution in [0.25, 0.3) is 0 Å². The SMILES string of the molecule is CCOc1ccc(CCC(=O)NC(CN)C2CCCCC2)cc1. The molecule has 128 valence electrons. The maximum Gasteiger partial charge on any atom is 0.220 e. The highest BCUT2D eigenvalue weighted by atomic mass is 16.5. The fraction of sp³-hybridized carbons (Fsp3) is 0.632. The van der Waals surface area contributed by atoms with Crippen LogP contribution in [0, 0.1) is 5.92 Å². The molecule has 0 bridgehead atoms. The van der Waals surface area contributed by atoms with Gasteiger partial charge >= 0.3 is 0 Å². The molecule has 0 saturated heterocycles. The highest BCUT2D eigenvalue weighted by Crippen LogP contribution is 2.26. The maximum atomic E-state index is 12.2. The van der Waals surface area contributed by atoms with Gasteiger partial charge in [0.05, 0.1) is 6.61 Å². The lowest BCUT2D eigenvalue weighted by Gasteiger charge is -2.30. The Morgan fingerprint density at radius 3 is 2.57 bits per heavy atom. The van der Waals surface area contributed by atoms with Crippen molar-refractivity contribution in [1.82, 2.24) is 5.32 Å². The number of carbonyl (C=O) groups is 1. The summed E-state index contributed by atoms with van der Waals surface area (Å²) in [4.78, 5) is 12.2. The Hall–Kier alpha value is -1.55. The monoisotopic (exact) mass is 318 g/mol. The molecule has 4 heteroatoms. The molecule has 0 radical (unpaired) electrons. The predicted octanol–water partition coefficient (Wildman–Crippen LogP) is 3.04. The molecule has 1 aromatic rings. The molecule has 1 unspecified atom stereocenters.